The third-order valence-corrected chi connectivity index (χ3v) is 16.6. The SMILES string of the molecule is Cc1c(F)cc(N)c(C=N)c1-c1c(C2CC2)cc2c(N3C[C@@H]4C[C@H]3CN4)nc(OC3CCOCC3)nc2c1OCc1ccc(-c2cn([C@H](C(=O)N3CCC[C@H]3C(=O)N[C@@H](C)c3ccc(-c4cccnc4)cc3)C(C)C)nn2)cc1. The molecule has 5 fully saturated rings. The molecule has 7 aromatic rings. The molecule has 79 heavy (non-hydrogen) atoms. The average Bonchev–Trinajstić information content (AvgIpc) is 4.10. The van der Waals surface area contributed by atoms with E-state index in [1.54, 1.807) is 28.9 Å². The van der Waals surface area contributed by atoms with Gasteiger partial charge >= 0.3 is 6.01 Å². The number of anilines is 2. The van der Waals surface area contributed by atoms with Crippen LogP contribution in [-0.2, 0) is 20.9 Å². The van der Waals surface area contributed by atoms with E-state index in [1.165, 1.54) is 12.3 Å². The number of likely N-dealkylation sites (tertiary alicyclic amines) is 1. The van der Waals surface area contributed by atoms with Gasteiger partial charge < -0.3 is 45.8 Å². The lowest BCUT2D eigenvalue weighted by Crippen LogP contribution is -2.49. The molecule has 2 bridgehead atoms. The molecule has 3 aromatic heterocycles. The molecule has 4 aromatic carbocycles. The fourth-order valence-corrected chi connectivity index (χ4v) is 12.2. The molecule has 408 valence electrons. The van der Waals surface area contributed by atoms with Crippen molar-refractivity contribution in [3.05, 3.63) is 125 Å². The highest BCUT2D eigenvalue weighted by atomic mass is 19.1. The van der Waals surface area contributed by atoms with Crippen LogP contribution in [0.3, 0.4) is 0 Å². The van der Waals surface area contributed by atoms with E-state index in [2.05, 4.69) is 36.9 Å². The molecule has 17 nitrogen and oxygen atoms in total. The molecular weight excluding hydrogens is 1000 g/mol. The highest BCUT2D eigenvalue weighted by Gasteiger charge is 2.42. The van der Waals surface area contributed by atoms with Gasteiger partial charge in [0.2, 0.25) is 11.8 Å². The number of carbonyl (C=O) groups is 2. The van der Waals surface area contributed by atoms with Gasteiger partial charge in [0.25, 0.3) is 0 Å². The molecule has 12 rings (SSSR count). The number of piperazine rings is 1. The number of amides is 2. The Balaban J connectivity index is 0.821. The van der Waals surface area contributed by atoms with Crippen LogP contribution in [0.15, 0.2) is 91.4 Å². The molecule has 0 unspecified atom stereocenters. The topological polar surface area (TPSA) is 212 Å². The summed E-state index contributed by atoms with van der Waals surface area (Å²) in [7, 11) is 0. The number of hydrogen-bond donors (Lipinski definition) is 4. The van der Waals surface area contributed by atoms with Crippen LogP contribution < -0.4 is 30.7 Å². The van der Waals surface area contributed by atoms with E-state index in [4.69, 9.17) is 35.3 Å². The largest absolute Gasteiger partial charge is 0.486 e. The minimum absolute atomic E-state index is 0.118. The van der Waals surface area contributed by atoms with Crippen molar-refractivity contribution in [1.29, 1.82) is 5.41 Å². The number of aromatic nitrogens is 6. The zero-order valence-electron chi connectivity index (χ0n) is 45.1. The Bertz CT molecular complexity index is 3420. The van der Waals surface area contributed by atoms with Gasteiger partial charge in [-0.15, -0.1) is 5.10 Å². The van der Waals surface area contributed by atoms with Crippen LogP contribution in [-0.4, -0.2) is 110 Å². The molecule has 18 heteroatoms. The molecule has 1 aliphatic carbocycles. The lowest BCUT2D eigenvalue weighted by Gasteiger charge is -2.31. The summed E-state index contributed by atoms with van der Waals surface area (Å²) < 4.78 is 37.0. The van der Waals surface area contributed by atoms with Crippen LogP contribution >= 0.6 is 0 Å². The molecule has 5 aliphatic rings. The van der Waals surface area contributed by atoms with Gasteiger partial charge in [0.05, 0.1) is 25.5 Å². The monoisotopic (exact) mass is 1070 g/mol. The summed E-state index contributed by atoms with van der Waals surface area (Å²) in [6.07, 6.45) is 12.0. The van der Waals surface area contributed by atoms with Crippen LogP contribution in [0.2, 0.25) is 0 Å². The second-order valence-electron chi connectivity index (χ2n) is 22.3. The Morgan fingerprint density at radius 3 is 2.46 bits per heavy atom. The van der Waals surface area contributed by atoms with Crippen LogP contribution in [0.5, 0.6) is 11.8 Å². The van der Waals surface area contributed by atoms with Crippen molar-refractivity contribution < 1.29 is 28.2 Å². The van der Waals surface area contributed by atoms with Gasteiger partial charge in [-0.05, 0) is 109 Å². The Hall–Kier alpha value is -7.83. The van der Waals surface area contributed by atoms with Crippen molar-refractivity contribution >= 4 is 40.4 Å². The number of pyridine rings is 1. The zero-order valence-corrected chi connectivity index (χ0v) is 45.1. The third-order valence-electron chi connectivity index (χ3n) is 16.6. The minimum atomic E-state index is -0.690. The van der Waals surface area contributed by atoms with Gasteiger partial charge in [0, 0.05) is 96.5 Å². The second-order valence-corrected chi connectivity index (χ2v) is 22.3. The molecule has 4 saturated heterocycles. The van der Waals surface area contributed by atoms with Crippen LogP contribution in [0.4, 0.5) is 15.9 Å². The number of nitrogens with one attached hydrogen (secondary N) is 3. The number of rotatable bonds is 17. The Morgan fingerprint density at radius 2 is 1.76 bits per heavy atom. The average molecular weight is 1070 g/mol. The summed E-state index contributed by atoms with van der Waals surface area (Å²) >= 11 is 0. The first-order valence-electron chi connectivity index (χ1n) is 27.9. The number of nitrogens with zero attached hydrogens (tertiary/aromatic N) is 8. The summed E-state index contributed by atoms with van der Waals surface area (Å²) in [6.45, 7) is 11.0. The van der Waals surface area contributed by atoms with Gasteiger partial charge in [-0.3, -0.25) is 14.6 Å². The summed E-state index contributed by atoms with van der Waals surface area (Å²) in [5.74, 6) is 0.437. The summed E-state index contributed by atoms with van der Waals surface area (Å²) in [4.78, 5) is 47.2. The van der Waals surface area contributed by atoms with Crippen LogP contribution in [0, 0.1) is 24.1 Å². The number of ether oxygens (including phenoxy) is 3. The Labute approximate surface area is 459 Å². The number of halogens is 1. The lowest BCUT2D eigenvalue weighted by atomic mass is 9.87. The predicted molar refractivity (Wildman–Crippen MR) is 301 cm³/mol. The second kappa shape index (κ2) is 21.8. The van der Waals surface area contributed by atoms with Crippen molar-refractivity contribution in [2.24, 2.45) is 5.92 Å². The third kappa shape index (κ3) is 10.3. The summed E-state index contributed by atoms with van der Waals surface area (Å²) in [5.41, 5.74) is 15.4. The number of nitrogen functional groups attached to an aromatic ring is 1. The Morgan fingerprint density at radius 1 is 0.975 bits per heavy atom. The maximum Gasteiger partial charge on any atom is 0.319 e. The van der Waals surface area contributed by atoms with Gasteiger partial charge in [-0.1, -0.05) is 73.7 Å². The maximum absolute atomic E-state index is 16.0. The van der Waals surface area contributed by atoms with Gasteiger partial charge in [-0.25, -0.2) is 9.07 Å². The Kier molecular flexibility index (Phi) is 14.3. The fraction of sp³-hybridized carbons (Fsp3) is 0.410. The number of carbonyl (C=O) groups excluding carboxylic acids is 2. The highest BCUT2D eigenvalue weighted by molar-refractivity contribution is 6.05. The highest BCUT2D eigenvalue weighted by Crippen LogP contribution is 2.53. The molecule has 2 amide bonds. The van der Waals surface area contributed by atoms with E-state index in [0.29, 0.717) is 90.7 Å². The zero-order chi connectivity index (χ0) is 54.5. The molecular formula is C61H67FN12O5. The first-order chi connectivity index (χ1) is 38.4. The lowest BCUT2D eigenvalue weighted by molar-refractivity contribution is -0.142. The molecule has 0 spiro atoms. The first kappa shape index (κ1) is 51.9. The first-order valence-corrected chi connectivity index (χ1v) is 27.9. The molecule has 4 aliphatic heterocycles. The van der Waals surface area contributed by atoms with Crippen LogP contribution in [0.1, 0.15) is 112 Å². The van der Waals surface area contributed by atoms with E-state index < -0.39 is 17.9 Å². The molecule has 5 N–H and O–H groups in total. The number of hydrogen-bond acceptors (Lipinski definition) is 14. The predicted octanol–water partition coefficient (Wildman–Crippen LogP) is 9.27. The molecule has 0 radical (unpaired) electrons. The molecule has 1 saturated carbocycles. The van der Waals surface area contributed by atoms with Gasteiger partial charge in [0.1, 0.15) is 47.6 Å². The summed E-state index contributed by atoms with van der Waals surface area (Å²) in [6, 6.07) is 22.6. The van der Waals surface area contributed by atoms with E-state index in [0.717, 1.165) is 76.9 Å². The number of fused-ring (bicyclic) bond motifs is 3. The molecule has 5 atom stereocenters. The summed E-state index contributed by atoms with van der Waals surface area (Å²) in [5, 5.41) is 25.3. The van der Waals surface area contributed by atoms with Crippen molar-refractivity contribution in [1.82, 2.24) is 45.5 Å². The number of benzene rings is 4. The van der Waals surface area contributed by atoms with Crippen molar-refractivity contribution in [3.63, 3.8) is 0 Å². The van der Waals surface area contributed by atoms with E-state index in [1.807, 2.05) is 87.6 Å². The maximum atomic E-state index is 16.0. The normalized spacial score (nSPS) is 20.0. The number of nitrogens with two attached hydrogens (primary N) is 1. The quantitative estimate of drug-likeness (QED) is 0.0495. The van der Waals surface area contributed by atoms with E-state index in [9.17, 15) is 9.59 Å². The van der Waals surface area contributed by atoms with E-state index in [-0.39, 0.29) is 60.1 Å². The van der Waals surface area contributed by atoms with Crippen molar-refractivity contribution in [2.75, 3.05) is 43.5 Å². The smallest absolute Gasteiger partial charge is 0.319 e. The van der Waals surface area contributed by atoms with Crippen molar-refractivity contribution in [2.45, 2.75) is 121 Å². The van der Waals surface area contributed by atoms with E-state index >= 15 is 4.39 Å². The van der Waals surface area contributed by atoms with Gasteiger partial charge in [-0.2, -0.15) is 9.97 Å². The van der Waals surface area contributed by atoms with Crippen LogP contribution in [0.25, 0.3) is 44.4 Å². The minimum Gasteiger partial charge on any atom is -0.486 e. The van der Waals surface area contributed by atoms with Gasteiger partial charge in [0.15, 0.2) is 5.75 Å². The fourth-order valence-electron chi connectivity index (χ4n) is 12.2. The molecule has 7 heterocycles. The standard InChI is InChI=1S/C61H67FN12O5/c1-34(2)56(60(76)72-22-6-8-52(72)59(75)67-36(4)38-13-15-39(16-14-38)42-7-5-21-65-29-42)74-32-51(70-71-74)41-11-9-37(10-12-41)33-78-57-54(53-35(3)49(62)27-50(64)48(53)28-63)46(40-17-18-40)26-47-55(57)68-61(79-45-19-23-77-24-20-45)69-58(47)73-31-43-25-44(73)30-66-43/h5,7,9-16,21,26-29,32,34,36,40,43-45,52,56,63,66H,6,8,17-20,22-25,30-31,33,64H2,1-4H3,(H,67,75)/t36-,43-,44-,52-,56-/m0/s1. The van der Waals surface area contributed by atoms with Crippen molar-refractivity contribution in [3.8, 4) is 45.3 Å².